The fraction of sp³-hybridized carbons (Fsp3) is 0.0769. The highest BCUT2D eigenvalue weighted by molar-refractivity contribution is 7.50. The van der Waals surface area contributed by atoms with Crippen LogP contribution in [0.1, 0.15) is 5.56 Å². The van der Waals surface area contributed by atoms with Gasteiger partial charge in [0, 0.05) is 0 Å². The van der Waals surface area contributed by atoms with Crippen LogP contribution in [0.4, 0.5) is 0 Å². The van der Waals surface area contributed by atoms with Crippen LogP contribution < -0.4 is 0 Å². The topological polar surface area (TPSA) is 77.8 Å². The predicted molar refractivity (Wildman–Crippen MR) is 69.3 cm³/mol. The summed E-state index contributed by atoms with van der Waals surface area (Å²) in [5.41, 5.74) is 2.48. The molecule has 2 aromatic rings. The maximum Gasteiger partial charge on any atom is 0.329 e. The van der Waals surface area contributed by atoms with E-state index in [0.717, 1.165) is 11.1 Å². The first-order valence-corrected chi connectivity index (χ1v) is 7.17. The van der Waals surface area contributed by atoms with Crippen LogP contribution >= 0.6 is 7.60 Å². The number of hydrogen-bond donors (Lipinski definition) is 3. The van der Waals surface area contributed by atoms with Gasteiger partial charge in [-0.2, -0.15) is 0 Å². The zero-order valence-electron chi connectivity index (χ0n) is 9.52. The van der Waals surface area contributed by atoms with Crippen LogP contribution in [0.3, 0.4) is 0 Å². The van der Waals surface area contributed by atoms with Crippen molar-refractivity contribution in [1.29, 1.82) is 0 Å². The summed E-state index contributed by atoms with van der Waals surface area (Å²) in [5, 5.41) is 9.19. The Hall–Kier alpha value is -1.61. The van der Waals surface area contributed by atoms with Crippen molar-refractivity contribution in [2.45, 2.75) is 6.16 Å². The molecule has 0 atom stereocenters. The number of phenols is 1. The van der Waals surface area contributed by atoms with Gasteiger partial charge >= 0.3 is 7.60 Å². The highest BCUT2D eigenvalue weighted by Crippen LogP contribution is 2.39. The lowest BCUT2D eigenvalue weighted by Gasteiger charge is -2.06. The van der Waals surface area contributed by atoms with Crippen molar-refractivity contribution < 1.29 is 19.5 Å². The predicted octanol–water partition coefficient (Wildman–Crippen LogP) is 2.74. The van der Waals surface area contributed by atoms with E-state index < -0.39 is 7.60 Å². The fourth-order valence-corrected chi connectivity index (χ4v) is 2.38. The maximum atomic E-state index is 10.9. The first kappa shape index (κ1) is 12.8. The van der Waals surface area contributed by atoms with Gasteiger partial charge in [0.1, 0.15) is 5.75 Å². The van der Waals surface area contributed by atoms with Gasteiger partial charge in [0.15, 0.2) is 0 Å². The molecule has 5 heteroatoms. The first-order valence-electron chi connectivity index (χ1n) is 5.37. The van der Waals surface area contributed by atoms with Crippen molar-refractivity contribution in [2.24, 2.45) is 0 Å². The van der Waals surface area contributed by atoms with Crippen LogP contribution in [0, 0.1) is 0 Å². The largest absolute Gasteiger partial charge is 0.508 e. The second-order valence-electron chi connectivity index (χ2n) is 4.07. The average Bonchev–Trinajstić information content (AvgIpc) is 2.29. The van der Waals surface area contributed by atoms with E-state index in [9.17, 15) is 9.67 Å². The normalized spacial score (nSPS) is 11.4. The van der Waals surface area contributed by atoms with Crippen LogP contribution in [-0.4, -0.2) is 14.9 Å². The third kappa shape index (κ3) is 3.44. The molecule has 0 radical (unpaired) electrons. The van der Waals surface area contributed by atoms with Crippen molar-refractivity contribution in [3.63, 3.8) is 0 Å². The molecule has 0 aliphatic carbocycles. The lowest BCUT2D eigenvalue weighted by atomic mass is 10.0. The molecule has 0 aromatic heterocycles. The van der Waals surface area contributed by atoms with Gasteiger partial charge in [-0.3, -0.25) is 4.57 Å². The molecule has 18 heavy (non-hydrogen) atoms. The molecular weight excluding hydrogens is 251 g/mol. The van der Waals surface area contributed by atoms with E-state index in [1.807, 2.05) is 0 Å². The van der Waals surface area contributed by atoms with Gasteiger partial charge in [-0.25, -0.2) is 0 Å². The molecule has 0 fully saturated rings. The van der Waals surface area contributed by atoms with E-state index in [2.05, 4.69) is 0 Å². The third-order valence-electron chi connectivity index (χ3n) is 2.54. The maximum absolute atomic E-state index is 10.9. The Morgan fingerprint density at radius 1 is 0.833 bits per heavy atom. The Bertz CT molecular complexity index is 569. The molecular formula is C13H13O4P. The standard InChI is InChI=1S/C13H13O4P/c14-13-7-5-12(6-8-13)11-3-1-10(2-4-11)9-18(15,16)17/h1-8,14H,9H2,(H2,15,16,17). The molecule has 0 unspecified atom stereocenters. The molecule has 0 saturated heterocycles. The summed E-state index contributed by atoms with van der Waals surface area (Å²) in [6.45, 7) is 0. The number of aromatic hydroxyl groups is 1. The molecule has 0 aliphatic heterocycles. The van der Waals surface area contributed by atoms with Crippen LogP contribution in [0.2, 0.25) is 0 Å². The van der Waals surface area contributed by atoms with Crippen LogP contribution in [-0.2, 0) is 10.7 Å². The molecule has 0 saturated carbocycles. The minimum Gasteiger partial charge on any atom is -0.508 e. The minimum absolute atomic E-state index is 0.205. The van der Waals surface area contributed by atoms with E-state index >= 15 is 0 Å². The van der Waals surface area contributed by atoms with E-state index in [0.29, 0.717) is 5.56 Å². The number of hydrogen-bond acceptors (Lipinski definition) is 2. The summed E-state index contributed by atoms with van der Waals surface area (Å²) >= 11 is 0. The fourth-order valence-electron chi connectivity index (χ4n) is 1.69. The molecule has 0 spiro atoms. The van der Waals surface area contributed by atoms with E-state index in [4.69, 9.17) is 9.79 Å². The smallest absolute Gasteiger partial charge is 0.329 e. The molecule has 0 aliphatic rings. The summed E-state index contributed by atoms with van der Waals surface area (Å²) in [6.07, 6.45) is -0.247. The summed E-state index contributed by atoms with van der Waals surface area (Å²) < 4.78 is 10.9. The van der Waals surface area contributed by atoms with Crippen molar-refractivity contribution in [1.82, 2.24) is 0 Å². The quantitative estimate of drug-likeness (QED) is 0.745. The van der Waals surface area contributed by atoms with Crippen molar-refractivity contribution in [2.75, 3.05) is 0 Å². The zero-order valence-corrected chi connectivity index (χ0v) is 10.4. The van der Waals surface area contributed by atoms with Gasteiger partial charge < -0.3 is 14.9 Å². The third-order valence-corrected chi connectivity index (χ3v) is 3.32. The second kappa shape index (κ2) is 4.94. The number of benzene rings is 2. The molecule has 0 bridgehead atoms. The minimum atomic E-state index is -4.01. The van der Waals surface area contributed by atoms with Gasteiger partial charge in [-0.15, -0.1) is 0 Å². The van der Waals surface area contributed by atoms with Gasteiger partial charge in [-0.05, 0) is 28.8 Å². The van der Waals surface area contributed by atoms with Gasteiger partial charge in [0.05, 0.1) is 6.16 Å². The second-order valence-corrected chi connectivity index (χ2v) is 5.71. The van der Waals surface area contributed by atoms with Crippen LogP contribution in [0.5, 0.6) is 5.75 Å². The van der Waals surface area contributed by atoms with E-state index in [1.54, 1.807) is 48.5 Å². The van der Waals surface area contributed by atoms with Crippen molar-refractivity contribution >= 4 is 7.60 Å². The Kier molecular flexibility index (Phi) is 3.53. The Morgan fingerprint density at radius 3 is 1.72 bits per heavy atom. The lowest BCUT2D eigenvalue weighted by Crippen LogP contribution is -1.87. The highest BCUT2D eigenvalue weighted by Gasteiger charge is 2.13. The molecule has 2 aromatic carbocycles. The van der Waals surface area contributed by atoms with E-state index in [1.165, 1.54) is 0 Å². The van der Waals surface area contributed by atoms with Crippen LogP contribution in [0.25, 0.3) is 11.1 Å². The lowest BCUT2D eigenvalue weighted by molar-refractivity contribution is 0.371. The average molecular weight is 264 g/mol. The molecule has 3 N–H and O–H groups in total. The summed E-state index contributed by atoms with van der Waals surface area (Å²) in [5.74, 6) is 0.205. The van der Waals surface area contributed by atoms with Gasteiger partial charge in [0.2, 0.25) is 0 Å². The van der Waals surface area contributed by atoms with Gasteiger partial charge in [0.25, 0.3) is 0 Å². The van der Waals surface area contributed by atoms with Crippen molar-refractivity contribution in [3.8, 4) is 16.9 Å². The summed E-state index contributed by atoms with van der Waals surface area (Å²) in [7, 11) is -4.01. The molecule has 94 valence electrons. The van der Waals surface area contributed by atoms with Gasteiger partial charge in [-0.1, -0.05) is 36.4 Å². The summed E-state index contributed by atoms with van der Waals surface area (Å²) in [6, 6.07) is 13.8. The molecule has 0 amide bonds. The monoisotopic (exact) mass is 264 g/mol. The molecule has 2 rings (SSSR count). The zero-order chi connectivity index (χ0) is 13.2. The van der Waals surface area contributed by atoms with E-state index in [-0.39, 0.29) is 11.9 Å². The highest BCUT2D eigenvalue weighted by atomic mass is 31.2. The Labute approximate surface area is 105 Å². The first-order chi connectivity index (χ1) is 8.44. The number of phenolic OH excluding ortho intramolecular Hbond substituents is 1. The Morgan fingerprint density at radius 2 is 1.28 bits per heavy atom. The summed E-state index contributed by atoms with van der Waals surface area (Å²) in [4.78, 5) is 17.7. The Balaban J connectivity index is 2.22. The molecule has 0 heterocycles. The SMILES string of the molecule is O=P(O)(O)Cc1ccc(-c2ccc(O)cc2)cc1. The number of rotatable bonds is 3. The van der Waals surface area contributed by atoms with Crippen molar-refractivity contribution in [3.05, 3.63) is 54.1 Å². The van der Waals surface area contributed by atoms with Crippen LogP contribution in [0.15, 0.2) is 48.5 Å². The molecule has 4 nitrogen and oxygen atoms in total.